The van der Waals surface area contributed by atoms with Gasteiger partial charge in [-0.2, -0.15) is 0 Å². The quantitative estimate of drug-likeness (QED) is 0.611. The predicted octanol–water partition coefficient (Wildman–Crippen LogP) is 6.40. The third-order valence-corrected chi connectivity index (χ3v) is 6.99. The van der Waals surface area contributed by atoms with Gasteiger partial charge < -0.3 is 4.90 Å². The van der Waals surface area contributed by atoms with E-state index in [4.69, 9.17) is 11.6 Å². The van der Waals surface area contributed by atoms with E-state index < -0.39 is 0 Å². The van der Waals surface area contributed by atoms with E-state index in [1.54, 1.807) is 0 Å². The largest absolute Gasteiger partial charge is 0.303 e. The molecule has 1 unspecified atom stereocenters. The molecule has 4 rings (SSSR count). The number of fused-ring (bicyclic) bond motifs is 2. The molecule has 2 heterocycles. The molecule has 3 heteroatoms. The molecule has 2 aromatic rings. The van der Waals surface area contributed by atoms with Crippen molar-refractivity contribution in [3.63, 3.8) is 0 Å². The van der Waals surface area contributed by atoms with E-state index in [1.165, 1.54) is 72.7 Å². The van der Waals surface area contributed by atoms with E-state index in [-0.39, 0.29) is 0 Å². The van der Waals surface area contributed by atoms with Crippen molar-refractivity contribution < 1.29 is 0 Å². The zero-order valence-corrected chi connectivity index (χ0v) is 16.3. The molecule has 132 valence electrons. The van der Waals surface area contributed by atoms with Crippen LogP contribution >= 0.6 is 23.4 Å². The standard InChI is InChI=1S/C22H26ClNS/c23-19-10-11-21-18(16-19)15-17(20-8-2-3-9-22(20)25-21)7-6-14-24-12-4-1-5-13-24/h2-3,8-11,16-17H,1,4-7,12-15H2. The summed E-state index contributed by atoms with van der Waals surface area (Å²) in [5.41, 5.74) is 2.94. The molecule has 0 spiro atoms. The first-order chi connectivity index (χ1) is 12.3. The first kappa shape index (κ1) is 17.5. The SMILES string of the molecule is Clc1ccc2c(c1)CC(CCCN1CCCCC1)c1ccccc1S2. The maximum atomic E-state index is 6.28. The van der Waals surface area contributed by atoms with Crippen LogP contribution in [0.2, 0.25) is 5.02 Å². The highest BCUT2D eigenvalue weighted by molar-refractivity contribution is 7.99. The molecule has 0 saturated carbocycles. The van der Waals surface area contributed by atoms with Crippen molar-refractivity contribution in [1.29, 1.82) is 0 Å². The van der Waals surface area contributed by atoms with Crippen LogP contribution in [0.25, 0.3) is 0 Å². The van der Waals surface area contributed by atoms with Gasteiger partial charge in [0.05, 0.1) is 0 Å². The summed E-state index contributed by atoms with van der Waals surface area (Å²) >= 11 is 8.19. The molecule has 1 atom stereocenters. The fourth-order valence-corrected chi connectivity index (χ4v) is 5.55. The molecule has 1 fully saturated rings. The van der Waals surface area contributed by atoms with Crippen LogP contribution in [0.5, 0.6) is 0 Å². The summed E-state index contributed by atoms with van der Waals surface area (Å²) in [5.74, 6) is 0.605. The Morgan fingerprint density at radius 2 is 1.84 bits per heavy atom. The molecule has 0 radical (unpaired) electrons. The molecular formula is C22H26ClNS. The number of nitrogens with zero attached hydrogens (tertiary/aromatic N) is 1. The van der Waals surface area contributed by atoms with Crippen LogP contribution in [0.1, 0.15) is 49.1 Å². The van der Waals surface area contributed by atoms with Gasteiger partial charge in [-0.3, -0.25) is 0 Å². The number of piperidine rings is 1. The second kappa shape index (κ2) is 8.16. The van der Waals surface area contributed by atoms with E-state index >= 15 is 0 Å². The van der Waals surface area contributed by atoms with Crippen molar-refractivity contribution >= 4 is 23.4 Å². The molecule has 2 aliphatic rings. The third-order valence-electron chi connectivity index (χ3n) is 5.54. The fourth-order valence-electron chi connectivity index (χ4n) is 4.21. The summed E-state index contributed by atoms with van der Waals surface area (Å²) in [6.45, 7) is 3.86. The normalized spacial score (nSPS) is 20.6. The van der Waals surface area contributed by atoms with Crippen LogP contribution in [0.4, 0.5) is 0 Å². The van der Waals surface area contributed by atoms with E-state index in [0.29, 0.717) is 5.92 Å². The fraction of sp³-hybridized carbons (Fsp3) is 0.455. The van der Waals surface area contributed by atoms with Crippen LogP contribution in [-0.2, 0) is 6.42 Å². The number of rotatable bonds is 4. The summed E-state index contributed by atoms with van der Waals surface area (Å²) in [7, 11) is 0. The average molecular weight is 372 g/mol. The zero-order valence-electron chi connectivity index (χ0n) is 14.7. The highest BCUT2D eigenvalue weighted by Crippen LogP contribution is 2.43. The van der Waals surface area contributed by atoms with Gasteiger partial charge in [-0.1, -0.05) is 48.0 Å². The minimum absolute atomic E-state index is 0.605. The maximum Gasteiger partial charge on any atom is 0.0409 e. The molecule has 1 nitrogen and oxygen atoms in total. The van der Waals surface area contributed by atoms with E-state index in [2.05, 4.69) is 41.3 Å². The Bertz CT molecular complexity index is 724. The molecule has 0 aromatic heterocycles. The van der Waals surface area contributed by atoms with Gasteiger partial charge in [0.1, 0.15) is 0 Å². The molecule has 0 bridgehead atoms. The second-order valence-electron chi connectivity index (χ2n) is 7.34. The molecule has 1 saturated heterocycles. The topological polar surface area (TPSA) is 3.24 Å². The zero-order chi connectivity index (χ0) is 17.1. The van der Waals surface area contributed by atoms with E-state index in [9.17, 15) is 0 Å². The number of likely N-dealkylation sites (tertiary alicyclic amines) is 1. The van der Waals surface area contributed by atoms with Gasteiger partial charge >= 0.3 is 0 Å². The smallest absolute Gasteiger partial charge is 0.0409 e. The first-order valence-electron chi connectivity index (χ1n) is 9.57. The summed E-state index contributed by atoms with van der Waals surface area (Å²) in [4.78, 5) is 5.45. The van der Waals surface area contributed by atoms with Gasteiger partial charge in [0, 0.05) is 14.8 Å². The lowest BCUT2D eigenvalue weighted by Gasteiger charge is -2.27. The third kappa shape index (κ3) is 4.24. The highest BCUT2D eigenvalue weighted by Gasteiger charge is 2.23. The summed E-state index contributed by atoms with van der Waals surface area (Å²) in [6.07, 6.45) is 7.85. The minimum Gasteiger partial charge on any atom is -0.303 e. The van der Waals surface area contributed by atoms with Crippen LogP contribution in [-0.4, -0.2) is 24.5 Å². The van der Waals surface area contributed by atoms with E-state index in [0.717, 1.165) is 11.4 Å². The van der Waals surface area contributed by atoms with Crippen molar-refractivity contribution in [1.82, 2.24) is 4.90 Å². The summed E-state index contributed by atoms with van der Waals surface area (Å²) in [5, 5.41) is 0.859. The van der Waals surface area contributed by atoms with Crippen LogP contribution in [0.3, 0.4) is 0 Å². The van der Waals surface area contributed by atoms with Crippen molar-refractivity contribution in [3.8, 4) is 0 Å². The van der Waals surface area contributed by atoms with Crippen LogP contribution < -0.4 is 0 Å². The number of benzene rings is 2. The Morgan fingerprint density at radius 3 is 2.72 bits per heavy atom. The molecule has 0 N–H and O–H groups in total. The number of hydrogen-bond acceptors (Lipinski definition) is 2. The lowest BCUT2D eigenvalue weighted by atomic mass is 9.88. The summed E-state index contributed by atoms with van der Waals surface area (Å²) < 4.78 is 0. The van der Waals surface area contributed by atoms with Crippen molar-refractivity contribution in [2.75, 3.05) is 19.6 Å². The van der Waals surface area contributed by atoms with Crippen molar-refractivity contribution in [2.45, 2.75) is 54.2 Å². The molecular weight excluding hydrogens is 346 g/mol. The molecule has 0 amide bonds. The maximum absolute atomic E-state index is 6.28. The minimum atomic E-state index is 0.605. The van der Waals surface area contributed by atoms with Crippen LogP contribution in [0.15, 0.2) is 52.3 Å². The molecule has 0 aliphatic carbocycles. The Morgan fingerprint density at radius 1 is 1.00 bits per heavy atom. The predicted molar refractivity (Wildman–Crippen MR) is 108 cm³/mol. The number of hydrogen-bond donors (Lipinski definition) is 0. The Kier molecular flexibility index (Phi) is 5.70. The van der Waals surface area contributed by atoms with Gasteiger partial charge in [0.15, 0.2) is 0 Å². The highest BCUT2D eigenvalue weighted by atomic mass is 35.5. The van der Waals surface area contributed by atoms with Gasteiger partial charge in [-0.05, 0) is 93.0 Å². The van der Waals surface area contributed by atoms with Crippen LogP contribution in [0, 0.1) is 0 Å². The monoisotopic (exact) mass is 371 g/mol. The lowest BCUT2D eigenvalue weighted by molar-refractivity contribution is 0.223. The Hall–Kier alpha value is -0.960. The molecule has 25 heavy (non-hydrogen) atoms. The molecule has 2 aromatic carbocycles. The van der Waals surface area contributed by atoms with Gasteiger partial charge in [0.2, 0.25) is 0 Å². The van der Waals surface area contributed by atoms with Crippen molar-refractivity contribution in [3.05, 3.63) is 58.6 Å². The van der Waals surface area contributed by atoms with E-state index in [1.807, 2.05) is 17.8 Å². The van der Waals surface area contributed by atoms with Crippen molar-refractivity contribution in [2.24, 2.45) is 0 Å². The number of halogens is 1. The van der Waals surface area contributed by atoms with Gasteiger partial charge in [-0.15, -0.1) is 0 Å². The molecule has 2 aliphatic heterocycles. The average Bonchev–Trinajstić information content (AvgIpc) is 2.79. The lowest BCUT2D eigenvalue weighted by Crippen LogP contribution is -2.30. The second-order valence-corrected chi connectivity index (χ2v) is 8.86. The van der Waals surface area contributed by atoms with Gasteiger partial charge in [-0.25, -0.2) is 0 Å². The Labute approximate surface area is 160 Å². The van der Waals surface area contributed by atoms with Gasteiger partial charge in [0.25, 0.3) is 0 Å². The Balaban J connectivity index is 1.51. The first-order valence-corrected chi connectivity index (χ1v) is 10.8. The summed E-state index contributed by atoms with van der Waals surface area (Å²) in [6, 6.07) is 15.4.